The third kappa shape index (κ3) is 2.14. The highest BCUT2D eigenvalue weighted by molar-refractivity contribution is 7.10. The first-order chi connectivity index (χ1) is 10.0. The summed E-state index contributed by atoms with van der Waals surface area (Å²) in [5.41, 5.74) is 9.13. The van der Waals surface area contributed by atoms with Crippen LogP contribution in [0, 0.1) is 12.8 Å². The molecule has 0 saturated heterocycles. The first-order valence-corrected chi connectivity index (χ1v) is 8.16. The van der Waals surface area contributed by atoms with Crippen LogP contribution < -0.4 is 5.73 Å². The van der Waals surface area contributed by atoms with Crippen molar-refractivity contribution in [1.82, 2.24) is 19.3 Å². The second kappa shape index (κ2) is 5.18. The molecule has 2 N–H and O–H groups in total. The van der Waals surface area contributed by atoms with Gasteiger partial charge in [-0.2, -0.15) is 5.10 Å². The van der Waals surface area contributed by atoms with Crippen LogP contribution in [0.4, 0.5) is 5.95 Å². The van der Waals surface area contributed by atoms with Crippen molar-refractivity contribution in [3.8, 4) is 0 Å². The summed E-state index contributed by atoms with van der Waals surface area (Å²) in [6.45, 7) is 9.32. The van der Waals surface area contributed by atoms with Gasteiger partial charge >= 0.3 is 0 Å². The first-order valence-electron chi connectivity index (χ1n) is 7.28. The lowest BCUT2D eigenvalue weighted by Crippen LogP contribution is -2.19. The minimum absolute atomic E-state index is 0.191. The number of anilines is 1. The number of hydrogen-bond donors (Lipinski definition) is 1. The monoisotopic (exact) mass is 303 g/mol. The summed E-state index contributed by atoms with van der Waals surface area (Å²) in [5, 5.41) is 6.68. The standard InChI is InChI=1S/C15H21N5S/c1-5-19-14-12(10(4)18-19)17-15(16)20(14)13(9(2)3)11-7-6-8-21-11/h6-9,13H,5H2,1-4H3,(H2,16,17). The van der Waals surface area contributed by atoms with E-state index in [9.17, 15) is 0 Å². The third-order valence-corrected chi connectivity index (χ3v) is 4.76. The molecule has 0 aromatic carbocycles. The Labute approximate surface area is 128 Å². The van der Waals surface area contributed by atoms with Gasteiger partial charge in [-0.1, -0.05) is 19.9 Å². The summed E-state index contributed by atoms with van der Waals surface area (Å²) in [7, 11) is 0. The Kier molecular flexibility index (Phi) is 3.49. The molecule has 3 aromatic rings. The maximum atomic E-state index is 6.25. The largest absolute Gasteiger partial charge is 0.369 e. The van der Waals surface area contributed by atoms with Gasteiger partial charge in [-0.3, -0.25) is 4.57 Å². The van der Waals surface area contributed by atoms with E-state index in [-0.39, 0.29) is 6.04 Å². The Morgan fingerprint density at radius 3 is 2.71 bits per heavy atom. The number of fused-ring (bicyclic) bond motifs is 1. The van der Waals surface area contributed by atoms with E-state index in [0.29, 0.717) is 11.9 Å². The average molecular weight is 303 g/mol. The molecular weight excluding hydrogens is 282 g/mol. The highest BCUT2D eigenvalue weighted by Gasteiger charge is 2.26. The smallest absolute Gasteiger partial charge is 0.203 e. The molecule has 0 radical (unpaired) electrons. The maximum absolute atomic E-state index is 6.25. The number of rotatable bonds is 4. The van der Waals surface area contributed by atoms with Crippen LogP contribution in [0.25, 0.3) is 11.2 Å². The molecule has 0 aliphatic rings. The molecule has 0 aliphatic heterocycles. The summed E-state index contributed by atoms with van der Waals surface area (Å²) in [4.78, 5) is 5.86. The van der Waals surface area contributed by atoms with E-state index in [0.717, 1.165) is 23.4 Å². The molecule has 0 fully saturated rings. The molecule has 112 valence electrons. The molecule has 3 aromatic heterocycles. The van der Waals surface area contributed by atoms with Crippen molar-refractivity contribution in [2.24, 2.45) is 5.92 Å². The van der Waals surface area contributed by atoms with Crippen LogP contribution in [0.1, 0.15) is 37.4 Å². The van der Waals surface area contributed by atoms with Gasteiger partial charge in [-0.05, 0) is 31.2 Å². The zero-order chi connectivity index (χ0) is 15.1. The zero-order valence-corrected chi connectivity index (χ0v) is 13.7. The molecular formula is C15H21N5S. The molecule has 6 heteroatoms. The van der Waals surface area contributed by atoms with E-state index in [1.807, 2.05) is 11.6 Å². The minimum Gasteiger partial charge on any atom is -0.369 e. The lowest BCUT2D eigenvalue weighted by atomic mass is 10.0. The Hall–Kier alpha value is -1.82. The van der Waals surface area contributed by atoms with Crippen molar-refractivity contribution in [3.63, 3.8) is 0 Å². The van der Waals surface area contributed by atoms with Gasteiger partial charge in [-0.15, -0.1) is 11.3 Å². The number of aromatic nitrogens is 4. The number of nitrogens with two attached hydrogens (primary N) is 1. The second-order valence-corrected chi connectivity index (χ2v) is 6.60. The number of nitrogens with zero attached hydrogens (tertiary/aromatic N) is 4. The lowest BCUT2D eigenvalue weighted by Gasteiger charge is -2.23. The highest BCUT2D eigenvalue weighted by atomic mass is 32.1. The lowest BCUT2D eigenvalue weighted by molar-refractivity contribution is 0.449. The molecule has 3 rings (SSSR count). The van der Waals surface area contributed by atoms with Crippen molar-refractivity contribution in [1.29, 1.82) is 0 Å². The van der Waals surface area contributed by atoms with Crippen LogP contribution in [-0.4, -0.2) is 19.3 Å². The van der Waals surface area contributed by atoms with Crippen LogP contribution in [0.2, 0.25) is 0 Å². The zero-order valence-electron chi connectivity index (χ0n) is 12.9. The molecule has 0 aliphatic carbocycles. The molecule has 1 atom stereocenters. The van der Waals surface area contributed by atoms with Crippen LogP contribution in [0.3, 0.4) is 0 Å². The van der Waals surface area contributed by atoms with Gasteiger partial charge < -0.3 is 5.73 Å². The van der Waals surface area contributed by atoms with Gasteiger partial charge in [0.15, 0.2) is 5.65 Å². The van der Waals surface area contributed by atoms with Gasteiger partial charge in [-0.25, -0.2) is 9.67 Å². The van der Waals surface area contributed by atoms with Crippen molar-refractivity contribution in [2.45, 2.75) is 40.3 Å². The van der Waals surface area contributed by atoms with Crippen LogP contribution in [-0.2, 0) is 6.54 Å². The van der Waals surface area contributed by atoms with Crippen molar-refractivity contribution >= 4 is 28.4 Å². The Morgan fingerprint density at radius 2 is 2.14 bits per heavy atom. The summed E-state index contributed by atoms with van der Waals surface area (Å²) >= 11 is 1.76. The van der Waals surface area contributed by atoms with Gasteiger partial charge in [0.1, 0.15) is 5.52 Å². The van der Waals surface area contributed by atoms with Gasteiger partial charge in [0.05, 0.1) is 11.7 Å². The van der Waals surface area contributed by atoms with Crippen molar-refractivity contribution in [3.05, 3.63) is 28.1 Å². The summed E-state index contributed by atoms with van der Waals surface area (Å²) in [5.74, 6) is 0.990. The van der Waals surface area contributed by atoms with Crippen LogP contribution in [0.15, 0.2) is 17.5 Å². The van der Waals surface area contributed by atoms with E-state index in [1.54, 1.807) is 11.3 Å². The summed E-state index contributed by atoms with van der Waals surface area (Å²) in [6, 6.07) is 4.44. The summed E-state index contributed by atoms with van der Waals surface area (Å²) < 4.78 is 4.15. The molecule has 0 amide bonds. The first kappa shape index (κ1) is 14.1. The van der Waals surface area contributed by atoms with E-state index in [4.69, 9.17) is 5.73 Å². The Morgan fingerprint density at radius 1 is 1.38 bits per heavy atom. The van der Waals surface area contributed by atoms with Crippen LogP contribution in [0.5, 0.6) is 0 Å². The van der Waals surface area contributed by atoms with E-state index < -0.39 is 0 Å². The molecule has 0 bridgehead atoms. The predicted octanol–water partition coefficient (Wildman–Crippen LogP) is 3.45. The molecule has 21 heavy (non-hydrogen) atoms. The van der Waals surface area contributed by atoms with Crippen molar-refractivity contribution < 1.29 is 0 Å². The minimum atomic E-state index is 0.191. The molecule has 1 unspecified atom stereocenters. The normalized spacial score (nSPS) is 13.4. The fraction of sp³-hybridized carbons (Fsp3) is 0.467. The predicted molar refractivity (Wildman–Crippen MR) is 87.6 cm³/mol. The fourth-order valence-electron chi connectivity index (χ4n) is 2.91. The number of hydrogen-bond acceptors (Lipinski definition) is 4. The summed E-state index contributed by atoms with van der Waals surface area (Å²) in [6.07, 6.45) is 0. The average Bonchev–Trinajstić information content (AvgIpc) is 3.11. The van der Waals surface area contributed by atoms with Gasteiger partial charge in [0, 0.05) is 11.4 Å². The molecule has 0 saturated carbocycles. The number of thiophene rings is 1. The van der Waals surface area contributed by atoms with E-state index in [2.05, 4.69) is 52.9 Å². The van der Waals surface area contributed by atoms with E-state index >= 15 is 0 Å². The maximum Gasteiger partial charge on any atom is 0.203 e. The SMILES string of the molecule is CCn1nc(C)c2nc(N)n(C(c3cccs3)C(C)C)c21. The third-order valence-electron chi connectivity index (χ3n) is 3.81. The van der Waals surface area contributed by atoms with Gasteiger partial charge in [0.2, 0.25) is 5.95 Å². The van der Waals surface area contributed by atoms with Crippen molar-refractivity contribution in [2.75, 3.05) is 5.73 Å². The molecule has 5 nitrogen and oxygen atoms in total. The van der Waals surface area contributed by atoms with Gasteiger partial charge in [0.25, 0.3) is 0 Å². The molecule has 3 heterocycles. The Balaban J connectivity index is 2.29. The topological polar surface area (TPSA) is 61.7 Å². The number of nitrogen functional groups attached to an aromatic ring is 1. The number of aryl methyl sites for hydroxylation is 2. The number of imidazole rings is 1. The Bertz CT molecular complexity index is 751. The molecule has 0 spiro atoms. The fourth-order valence-corrected chi connectivity index (χ4v) is 3.90. The second-order valence-electron chi connectivity index (χ2n) is 5.62. The highest BCUT2D eigenvalue weighted by Crippen LogP contribution is 2.35. The quantitative estimate of drug-likeness (QED) is 0.803. The van der Waals surface area contributed by atoms with Crippen LogP contribution >= 0.6 is 11.3 Å². The van der Waals surface area contributed by atoms with E-state index in [1.165, 1.54) is 4.88 Å².